The van der Waals surface area contributed by atoms with Crippen molar-refractivity contribution in [3.8, 4) is 0 Å². The van der Waals surface area contributed by atoms with Gasteiger partial charge < -0.3 is 9.84 Å². The number of esters is 1. The highest BCUT2D eigenvalue weighted by atomic mass is 16.5. The Morgan fingerprint density at radius 3 is 2.06 bits per heavy atom. The summed E-state index contributed by atoms with van der Waals surface area (Å²) in [6.07, 6.45) is 9.37. The predicted octanol–water partition coefficient (Wildman–Crippen LogP) is 3.44. The van der Waals surface area contributed by atoms with Crippen molar-refractivity contribution in [3.05, 3.63) is 0 Å². The second-order valence-corrected chi connectivity index (χ2v) is 4.53. The average molecular weight is 244 g/mol. The van der Waals surface area contributed by atoms with Gasteiger partial charge in [-0.2, -0.15) is 0 Å². The molecule has 0 amide bonds. The van der Waals surface area contributed by atoms with Crippen molar-refractivity contribution in [2.45, 2.75) is 77.7 Å². The van der Waals surface area contributed by atoms with E-state index in [9.17, 15) is 9.90 Å². The summed E-state index contributed by atoms with van der Waals surface area (Å²) in [6, 6.07) is 0. The van der Waals surface area contributed by atoms with Gasteiger partial charge in [0.1, 0.15) is 0 Å². The summed E-state index contributed by atoms with van der Waals surface area (Å²) in [5.74, 6) is -0.476. The maximum absolute atomic E-state index is 11.1. The fraction of sp³-hybridized carbons (Fsp3) is 0.929. The van der Waals surface area contributed by atoms with Crippen LogP contribution in [-0.2, 0) is 9.53 Å². The van der Waals surface area contributed by atoms with Gasteiger partial charge in [0, 0.05) is 0 Å². The van der Waals surface area contributed by atoms with Crippen molar-refractivity contribution >= 4 is 5.97 Å². The van der Waals surface area contributed by atoms with Crippen LogP contribution in [0.2, 0.25) is 0 Å². The van der Waals surface area contributed by atoms with E-state index in [1.165, 1.54) is 38.5 Å². The van der Waals surface area contributed by atoms with Gasteiger partial charge in [-0.3, -0.25) is 0 Å². The monoisotopic (exact) mass is 244 g/mol. The van der Waals surface area contributed by atoms with Crippen LogP contribution in [-0.4, -0.2) is 23.8 Å². The van der Waals surface area contributed by atoms with Crippen LogP contribution in [0.1, 0.15) is 71.6 Å². The molecule has 0 heterocycles. The first-order valence-electron chi connectivity index (χ1n) is 7.07. The van der Waals surface area contributed by atoms with Gasteiger partial charge in [-0.1, -0.05) is 58.3 Å². The summed E-state index contributed by atoms with van der Waals surface area (Å²) in [4.78, 5) is 11.1. The lowest BCUT2D eigenvalue weighted by atomic mass is 10.1. The van der Waals surface area contributed by atoms with Gasteiger partial charge in [-0.25, -0.2) is 4.79 Å². The van der Waals surface area contributed by atoms with Crippen LogP contribution >= 0.6 is 0 Å². The van der Waals surface area contributed by atoms with E-state index in [2.05, 4.69) is 6.92 Å². The second kappa shape index (κ2) is 11.9. The molecule has 0 unspecified atom stereocenters. The highest BCUT2D eigenvalue weighted by Crippen LogP contribution is 2.11. The third kappa shape index (κ3) is 10.3. The lowest BCUT2D eigenvalue weighted by molar-refractivity contribution is -0.153. The smallest absolute Gasteiger partial charge is 0.334 e. The Hall–Kier alpha value is -0.570. The average Bonchev–Trinajstić information content (AvgIpc) is 2.32. The molecule has 0 bridgehead atoms. The van der Waals surface area contributed by atoms with Crippen LogP contribution < -0.4 is 0 Å². The summed E-state index contributed by atoms with van der Waals surface area (Å²) in [7, 11) is 0. The maximum Gasteiger partial charge on any atom is 0.334 e. The molecule has 0 aromatic rings. The Bertz CT molecular complexity index is 180. The number of hydrogen-bond acceptors (Lipinski definition) is 3. The molecule has 0 saturated carbocycles. The van der Waals surface area contributed by atoms with E-state index >= 15 is 0 Å². The van der Waals surface area contributed by atoms with Crippen molar-refractivity contribution in [2.75, 3.05) is 6.61 Å². The van der Waals surface area contributed by atoms with Crippen LogP contribution in [0.5, 0.6) is 0 Å². The number of aliphatic hydroxyl groups excluding tert-OH is 1. The quantitative estimate of drug-likeness (QED) is 0.447. The second-order valence-electron chi connectivity index (χ2n) is 4.53. The van der Waals surface area contributed by atoms with Crippen molar-refractivity contribution in [3.63, 3.8) is 0 Å². The topological polar surface area (TPSA) is 46.5 Å². The van der Waals surface area contributed by atoms with Gasteiger partial charge in [0.2, 0.25) is 0 Å². The van der Waals surface area contributed by atoms with Crippen molar-refractivity contribution < 1.29 is 14.6 Å². The largest absolute Gasteiger partial charge is 0.464 e. The van der Waals surface area contributed by atoms with Gasteiger partial charge in [0.25, 0.3) is 0 Å². The standard InChI is InChI=1S/C14H28O3/c1-3-5-6-7-8-9-10-11-12-13(15)14(16)17-4-2/h13,15H,3-12H2,1-2H3/t13-/m0/s1. The van der Waals surface area contributed by atoms with E-state index < -0.39 is 12.1 Å². The predicted molar refractivity (Wildman–Crippen MR) is 69.9 cm³/mol. The molecule has 0 aromatic carbocycles. The molecule has 0 radical (unpaired) electrons. The molecule has 0 rings (SSSR count). The molecule has 3 heteroatoms. The van der Waals surface area contributed by atoms with Crippen LogP contribution in [0.15, 0.2) is 0 Å². The molecular formula is C14H28O3. The molecular weight excluding hydrogens is 216 g/mol. The number of hydrogen-bond donors (Lipinski definition) is 1. The maximum atomic E-state index is 11.1. The van der Waals surface area contributed by atoms with Crippen LogP contribution in [0, 0.1) is 0 Å². The van der Waals surface area contributed by atoms with Crippen LogP contribution in [0.25, 0.3) is 0 Å². The zero-order valence-electron chi connectivity index (χ0n) is 11.4. The lowest BCUT2D eigenvalue weighted by Gasteiger charge is -2.09. The summed E-state index contributed by atoms with van der Waals surface area (Å²) >= 11 is 0. The number of rotatable bonds is 11. The fourth-order valence-corrected chi connectivity index (χ4v) is 1.83. The molecule has 102 valence electrons. The molecule has 0 aliphatic rings. The van der Waals surface area contributed by atoms with E-state index in [-0.39, 0.29) is 0 Å². The first-order chi connectivity index (χ1) is 8.22. The minimum atomic E-state index is -0.921. The number of unbranched alkanes of at least 4 members (excludes halogenated alkanes) is 7. The van der Waals surface area contributed by atoms with Gasteiger partial charge >= 0.3 is 5.97 Å². The van der Waals surface area contributed by atoms with E-state index in [1.54, 1.807) is 6.92 Å². The third-order valence-corrected chi connectivity index (χ3v) is 2.89. The van der Waals surface area contributed by atoms with Crippen molar-refractivity contribution in [1.82, 2.24) is 0 Å². The zero-order chi connectivity index (χ0) is 12.9. The summed E-state index contributed by atoms with van der Waals surface area (Å²) in [5, 5.41) is 9.45. The van der Waals surface area contributed by atoms with E-state index in [1.807, 2.05) is 0 Å². The van der Waals surface area contributed by atoms with Gasteiger partial charge in [0.05, 0.1) is 6.61 Å². The van der Waals surface area contributed by atoms with Gasteiger partial charge in [-0.05, 0) is 13.3 Å². The SMILES string of the molecule is CCCCCCCCCC[C@H](O)C(=O)OCC. The van der Waals surface area contributed by atoms with Crippen LogP contribution in [0.4, 0.5) is 0 Å². The lowest BCUT2D eigenvalue weighted by Crippen LogP contribution is -2.22. The van der Waals surface area contributed by atoms with Crippen LogP contribution in [0.3, 0.4) is 0 Å². The number of aliphatic hydroxyl groups is 1. The molecule has 1 N–H and O–H groups in total. The first-order valence-corrected chi connectivity index (χ1v) is 7.07. The number of carbonyl (C=O) groups excluding carboxylic acids is 1. The number of carbonyl (C=O) groups is 1. The molecule has 17 heavy (non-hydrogen) atoms. The summed E-state index contributed by atoms with van der Waals surface area (Å²) < 4.78 is 4.74. The minimum absolute atomic E-state index is 0.341. The Morgan fingerprint density at radius 1 is 1.00 bits per heavy atom. The van der Waals surface area contributed by atoms with Crippen molar-refractivity contribution in [2.24, 2.45) is 0 Å². The molecule has 0 aromatic heterocycles. The van der Waals surface area contributed by atoms with E-state index in [0.717, 1.165) is 12.8 Å². The molecule has 0 saturated heterocycles. The van der Waals surface area contributed by atoms with Gasteiger partial charge in [0.15, 0.2) is 6.10 Å². The van der Waals surface area contributed by atoms with Gasteiger partial charge in [-0.15, -0.1) is 0 Å². The molecule has 3 nitrogen and oxygen atoms in total. The van der Waals surface area contributed by atoms with Crippen molar-refractivity contribution in [1.29, 1.82) is 0 Å². The Kier molecular flexibility index (Phi) is 11.5. The minimum Gasteiger partial charge on any atom is -0.464 e. The highest BCUT2D eigenvalue weighted by Gasteiger charge is 2.14. The Labute approximate surface area is 106 Å². The normalized spacial score (nSPS) is 12.4. The van der Waals surface area contributed by atoms with E-state index in [4.69, 9.17) is 4.74 Å². The summed E-state index contributed by atoms with van der Waals surface area (Å²) in [6.45, 7) is 4.31. The molecule has 0 fully saturated rings. The number of ether oxygens (including phenoxy) is 1. The summed E-state index contributed by atoms with van der Waals surface area (Å²) in [5.41, 5.74) is 0. The highest BCUT2D eigenvalue weighted by molar-refractivity contribution is 5.74. The zero-order valence-corrected chi connectivity index (χ0v) is 11.4. The Balaban J connectivity index is 3.24. The third-order valence-electron chi connectivity index (χ3n) is 2.89. The molecule has 1 atom stereocenters. The Morgan fingerprint density at radius 2 is 1.53 bits per heavy atom. The fourth-order valence-electron chi connectivity index (χ4n) is 1.83. The first kappa shape index (κ1) is 16.4. The molecule has 0 aliphatic heterocycles. The molecule has 0 aliphatic carbocycles. The van der Waals surface area contributed by atoms with E-state index in [0.29, 0.717) is 13.0 Å². The molecule has 0 spiro atoms.